The van der Waals surface area contributed by atoms with Crippen LogP contribution in [-0.2, 0) is 4.74 Å². The fraction of sp³-hybridized carbons (Fsp3) is 0.636. The van der Waals surface area contributed by atoms with E-state index in [0.717, 1.165) is 0 Å². The van der Waals surface area contributed by atoms with E-state index in [0.29, 0.717) is 15.2 Å². The van der Waals surface area contributed by atoms with Gasteiger partial charge in [-0.2, -0.15) is 4.39 Å². The van der Waals surface area contributed by atoms with Gasteiger partial charge in [-0.15, -0.1) is 0 Å². The quantitative estimate of drug-likeness (QED) is 0.565. The average molecular weight is 402 g/mol. The Hall–Kier alpha value is -0.810. The number of aliphatic hydroxyl groups is 1. The van der Waals surface area contributed by atoms with Crippen LogP contribution in [0.4, 0.5) is 8.78 Å². The molecule has 0 radical (unpaired) electrons. The molecule has 20 heavy (non-hydrogen) atoms. The van der Waals surface area contributed by atoms with Crippen molar-refractivity contribution in [3.63, 3.8) is 0 Å². The van der Waals surface area contributed by atoms with Gasteiger partial charge in [-0.1, -0.05) is 29.5 Å². The predicted molar refractivity (Wildman–Crippen MR) is 74.2 cm³/mol. The van der Waals surface area contributed by atoms with Crippen LogP contribution in [0.2, 0.25) is 0 Å². The van der Waals surface area contributed by atoms with Crippen molar-refractivity contribution in [1.29, 1.82) is 0 Å². The first-order valence-corrected chi connectivity index (χ1v) is 7.38. The van der Waals surface area contributed by atoms with Crippen LogP contribution in [0.5, 0.6) is 0 Å². The number of alkyl halides is 2. The third-order valence-corrected chi connectivity index (χ3v) is 4.92. The van der Waals surface area contributed by atoms with Gasteiger partial charge >= 0.3 is 5.69 Å². The zero-order chi connectivity index (χ0) is 15.1. The van der Waals surface area contributed by atoms with Crippen LogP contribution in [0.15, 0.2) is 15.8 Å². The van der Waals surface area contributed by atoms with Gasteiger partial charge < -0.3 is 9.84 Å². The molecule has 2 N–H and O–H groups in total. The SMILES string of the molecule is C[C@H]1[C@H](F)[C@H](n2cc(F)c(=O)[nH]c2=O)O[C@@]1(CO)CI. The molecule has 4 atom stereocenters. The molecule has 0 amide bonds. The van der Waals surface area contributed by atoms with Crippen molar-refractivity contribution in [1.82, 2.24) is 9.55 Å². The Balaban J connectivity index is 2.47. The summed E-state index contributed by atoms with van der Waals surface area (Å²) < 4.78 is 34.0. The summed E-state index contributed by atoms with van der Waals surface area (Å²) in [6.07, 6.45) is -2.38. The number of aromatic amines is 1. The Morgan fingerprint density at radius 3 is 2.75 bits per heavy atom. The van der Waals surface area contributed by atoms with E-state index in [9.17, 15) is 23.5 Å². The number of hydrogen-bond acceptors (Lipinski definition) is 4. The lowest BCUT2D eigenvalue weighted by atomic mass is 9.90. The van der Waals surface area contributed by atoms with Crippen LogP contribution in [-0.4, -0.2) is 37.5 Å². The third kappa shape index (κ3) is 2.31. The normalized spacial score (nSPS) is 33.5. The van der Waals surface area contributed by atoms with Crippen LogP contribution < -0.4 is 11.2 Å². The van der Waals surface area contributed by atoms with Gasteiger partial charge in [0.25, 0.3) is 5.56 Å². The Morgan fingerprint density at radius 1 is 1.60 bits per heavy atom. The highest BCUT2D eigenvalue weighted by Crippen LogP contribution is 2.43. The standard InChI is InChI=1S/C11H13F2IN2O4/c1-5-7(13)9(20-11(5,3-14)4-17)16-2-6(12)8(18)15-10(16)19/h2,5,7,9,17H,3-4H2,1H3,(H,15,18,19)/t5-,7-,9+,11+/m0/s1. The van der Waals surface area contributed by atoms with Crippen molar-refractivity contribution in [3.8, 4) is 0 Å². The van der Waals surface area contributed by atoms with E-state index >= 15 is 0 Å². The maximum atomic E-state index is 14.3. The number of nitrogens with one attached hydrogen (secondary N) is 1. The summed E-state index contributed by atoms with van der Waals surface area (Å²) in [5.41, 5.74) is -3.27. The molecule has 1 aromatic heterocycles. The van der Waals surface area contributed by atoms with Crippen LogP contribution in [0.3, 0.4) is 0 Å². The summed E-state index contributed by atoms with van der Waals surface area (Å²) in [7, 11) is 0. The van der Waals surface area contributed by atoms with E-state index in [1.165, 1.54) is 0 Å². The monoisotopic (exact) mass is 402 g/mol. The molecule has 2 heterocycles. The van der Waals surface area contributed by atoms with Crippen molar-refractivity contribution in [2.45, 2.75) is 24.9 Å². The van der Waals surface area contributed by atoms with E-state index in [-0.39, 0.29) is 0 Å². The topological polar surface area (TPSA) is 84.3 Å². The van der Waals surface area contributed by atoms with Gasteiger partial charge in [0.05, 0.1) is 12.8 Å². The first-order chi connectivity index (χ1) is 9.36. The highest BCUT2D eigenvalue weighted by Gasteiger charge is 2.53. The molecule has 1 aromatic rings. The molecule has 0 spiro atoms. The lowest BCUT2D eigenvalue weighted by Crippen LogP contribution is -2.41. The van der Waals surface area contributed by atoms with Crippen LogP contribution in [0, 0.1) is 11.7 Å². The van der Waals surface area contributed by atoms with E-state index in [1.807, 2.05) is 22.6 Å². The van der Waals surface area contributed by atoms with Crippen LogP contribution in [0.25, 0.3) is 0 Å². The van der Waals surface area contributed by atoms with Gasteiger partial charge in [0, 0.05) is 10.3 Å². The first-order valence-electron chi connectivity index (χ1n) is 5.86. The number of halogens is 3. The summed E-state index contributed by atoms with van der Waals surface area (Å²) in [5.74, 6) is -1.89. The number of ether oxygens (including phenoxy) is 1. The van der Waals surface area contributed by atoms with Gasteiger partial charge in [0.1, 0.15) is 5.60 Å². The molecule has 9 heteroatoms. The summed E-state index contributed by atoms with van der Waals surface area (Å²) in [6, 6.07) is 0. The number of rotatable bonds is 3. The van der Waals surface area contributed by atoms with Crippen molar-refractivity contribution in [2.24, 2.45) is 5.92 Å². The van der Waals surface area contributed by atoms with Crippen molar-refractivity contribution < 1.29 is 18.6 Å². The zero-order valence-corrected chi connectivity index (χ0v) is 12.6. The number of aromatic nitrogens is 2. The Bertz CT molecular complexity index is 613. The van der Waals surface area contributed by atoms with E-state index in [2.05, 4.69) is 0 Å². The fourth-order valence-electron chi connectivity index (χ4n) is 2.19. The van der Waals surface area contributed by atoms with Crippen LogP contribution >= 0.6 is 22.6 Å². The highest BCUT2D eigenvalue weighted by atomic mass is 127. The summed E-state index contributed by atoms with van der Waals surface area (Å²) in [6.45, 7) is 1.13. The van der Waals surface area contributed by atoms with Crippen molar-refractivity contribution in [2.75, 3.05) is 11.0 Å². The Kier molecular flexibility index (Phi) is 4.30. The molecule has 2 rings (SSSR count). The molecule has 1 aliphatic rings. The van der Waals surface area contributed by atoms with Crippen molar-refractivity contribution in [3.05, 3.63) is 32.9 Å². The second kappa shape index (κ2) is 5.53. The molecule has 0 aliphatic carbocycles. The van der Waals surface area contributed by atoms with Gasteiger partial charge in [-0.25, -0.2) is 9.18 Å². The molecule has 0 aromatic carbocycles. The lowest BCUT2D eigenvalue weighted by molar-refractivity contribution is -0.0985. The largest absolute Gasteiger partial charge is 0.393 e. The second-order valence-electron chi connectivity index (χ2n) is 4.74. The van der Waals surface area contributed by atoms with Gasteiger partial charge in [-0.3, -0.25) is 14.3 Å². The Labute approximate surface area is 125 Å². The zero-order valence-electron chi connectivity index (χ0n) is 10.5. The predicted octanol–water partition coefficient (Wildman–Crippen LogP) is 0.345. The lowest BCUT2D eigenvalue weighted by Gasteiger charge is -2.28. The molecule has 112 valence electrons. The third-order valence-electron chi connectivity index (χ3n) is 3.63. The van der Waals surface area contributed by atoms with E-state index in [4.69, 9.17) is 4.74 Å². The van der Waals surface area contributed by atoms with Gasteiger partial charge in [0.15, 0.2) is 12.4 Å². The molecule has 1 fully saturated rings. The summed E-state index contributed by atoms with van der Waals surface area (Å²) >= 11 is 1.95. The van der Waals surface area contributed by atoms with Crippen LogP contribution in [0.1, 0.15) is 13.2 Å². The summed E-state index contributed by atoms with van der Waals surface area (Å²) in [4.78, 5) is 24.4. The first kappa shape index (κ1) is 15.6. The minimum atomic E-state index is -1.61. The smallest absolute Gasteiger partial charge is 0.330 e. The highest BCUT2D eigenvalue weighted by molar-refractivity contribution is 14.1. The molecule has 1 saturated heterocycles. The molecular formula is C11H13F2IN2O4. The maximum absolute atomic E-state index is 14.3. The molecule has 0 bridgehead atoms. The van der Waals surface area contributed by atoms with Gasteiger partial charge in [0.2, 0.25) is 5.82 Å². The second-order valence-corrected chi connectivity index (χ2v) is 5.50. The number of hydrogen-bond donors (Lipinski definition) is 2. The number of nitrogens with zero attached hydrogens (tertiary/aromatic N) is 1. The Morgan fingerprint density at radius 2 is 2.25 bits per heavy atom. The minimum Gasteiger partial charge on any atom is -0.393 e. The maximum Gasteiger partial charge on any atom is 0.330 e. The number of H-pyrrole nitrogens is 1. The fourth-order valence-corrected chi connectivity index (χ4v) is 3.30. The number of aliphatic hydroxyl groups excluding tert-OH is 1. The minimum absolute atomic E-state index is 0.305. The summed E-state index contributed by atoms with van der Waals surface area (Å²) in [5, 5.41) is 9.42. The van der Waals surface area contributed by atoms with E-state index in [1.54, 1.807) is 11.9 Å². The van der Waals surface area contributed by atoms with Crippen molar-refractivity contribution >= 4 is 22.6 Å². The molecule has 1 aliphatic heterocycles. The molecule has 0 unspecified atom stereocenters. The molecular weight excluding hydrogens is 389 g/mol. The van der Waals surface area contributed by atoms with Gasteiger partial charge in [-0.05, 0) is 0 Å². The average Bonchev–Trinajstić information content (AvgIpc) is 2.68. The van der Waals surface area contributed by atoms with E-state index < -0.39 is 47.6 Å². The molecule has 6 nitrogen and oxygen atoms in total. The molecule has 0 saturated carbocycles.